The van der Waals surface area contributed by atoms with Gasteiger partial charge in [-0.1, -0.05) is 48.2 Å². The average Bonchev–Trinajstić information content (AvgIpc) is 2.98. The van der Waals surface area contributed by atoms with Gasteiger partial charge in [-0.15, -0.1) is 16.8 Å². The van der Waals surface area contributed by atoms with Gasteiger partial charge in [0, 0.05) is 18.7 Å². The summed E-state index contributed by atoms with van der Waals surface area (Å²) in [5, 5.41) is 13.4. The zero-order chi connectivity index (χ0) is 18.2. The first-order valence-corrected chi connectivity index (χ1v) is 8.79. The van der Waals surface area contributed by atoms with Crippen LogP contribution < -0.4 is 10.6 Å². The highest BCUT2D eigenvalue weighted by Crippen LogP contribution is 2.26. The van der Waals surface area contributed by atoms with Gasteiger partial charge in [0.2, 0.25) is 5.91 Å². The number of carbonyl (C=O) groups is 2. The molecule has 132 valence electrons. The number of rotatable bonds is 7. The molecule has 0 aliphatic rings. The first-order valence-electron chi connectivity index (χ1n) is 7.91. The number of thioether (sulfide) groups is 1. The van der Waals surface area contributed by atoms with Gasteiger partial charge in [0.25, 0.3) is 0 Å². The first kappa shape index (κ1) is 18.7. The number of benzene rings is 1. The van der Waals surface area contributed by atoms with Crippen LogP contribution in [-0.2, 0) is 11.3 Å². The van der Waals surface area contributed by atoms with E-state index in [1.165, 1.54) is 11.8 Å². The Morgan fingerprint density at radius 2 is 2.04 bits per heavy atom. The van der Waals surface area contributed by atoms with Crippen LogP contribution in [0.2, 0.25) is 0 Å². The SMILES string of the molecule is C=CCn1c(SC(C)C(=O)NC(=O)NCC)nnc1-c1ccccc1. The Morgan fingerprint density at radius 1 is 1.32 bits per heavy atom. The summed E-state index contributed by atoms with van der Waals surface area (Å²) < 4.78 is 1.89. The molecule has 0 spiro atoms. The van der Waals surface area contributed by atoms with Crippen molar-refractivity contribution in [2.75, 3.05) is 6.54 Å². The molecule has 1 heterocycles. The Hall–Kier alpha value is -2.61. The van der Waals surface area contributed by atoms with Crippen molar-refractivity contribution < 1.29 is 9.59 Å². The maximum Gasteiger partial charge on any atom is 0.321 e. The minimum absolute atomic E-state index is 0.384. The van der Waals surface area contributed by atoms with Crippen molar-refractivity contribution in [3.8, 4) is 11.4 Å². The van der Waals surface area contributed by atoms with Crippen molar-refractivity contribution >= 4 is 23.7 Å². The Balaban J connectivity index is 2.16. The van der Waals surface area contributed by atoms with Crippen molar-refractivity contribution in [1.29, 1.82) is 0 Å². The quantitative estimate of drug-likeness (QED) is 0.585. The third-order valence-electron chi connectivity index (χ3n) is 3.29. The van der Waals surface area contributed by atoms with Gasteiger partial charge in [0.15, 0.2) is 11.0 Å². The molecule has 0 bridgehead atoms. The zero-order valence-corrected chi connectivity index (χ0v) is 15.0. The average molecular weight is 359 g/mol. The summed E-state index contributed by atoms with van der Waals surface area (Å²) in [6.45, 7) is 8.24. The van der Waals surface area contributed by atoms with Crippen molar-refractivity contribution in [1.82, 2.24) is 25.4 Å². The van der Waals surface area contributed by atoms with E-state index in [9.17, 15) is 9.59 Å². The molecule has 0 aliphatic carbocycles. The lowest BCUT2D eigenvalue weighted by Gasteiger charge is -2.12. The van der Waals surface area contributed by atoms with Crippen molar-refractivity contribution in [2.24, 2.45) is 0 Å². The summed E-state index contributed by atoms with van der Waals surface area (Å²) in [4.78, 5) is 23.6. The molecular weight excluding hydrogens is 338 g/mol. The molecule has 1 aromatic heterocycles. The second-order valence-electron chi connectivity index (χ2n) is 5.18. The molecule has 2 aromatic rings. The molecule has 0 radical (unpaired) electrons. The van der Waals surface area contributed by atoms with E-state index < -0.39 is 11.3 Å². The molecule has 1 atom stereocenters. The van der Waals surface area contributed by atoms with Gasteiger partial charge in [-0.05, 0) is 13.8 Å². The maximum absolute atomic E-state index is 12.1. The molecule has 0 saturated carbocycles. The van der Waals surface area contributed by atoms with Gasteiger partial charge in [0.1, 0.15) is 0 Å². The third-order valence-corrected chi connectivity index (χ3v) is 4.37. The Labute approximate surface area is 150 Å². The predicted molar refractivity (Wildman–Crippen MR) is 98.2 cm³/mol. The Kier molecular flexibility index (Phi) is 6.76. The van der Waals surface area contributed by atoms with Crippen LogP contribution in [0, 0.1) is 0 Å². The molecule has 1 aromatic carbocycles. The lowest BCUT2D eigenvalue weighted by molar-refractivity contribution is -0.119. The molecule has 7 nitrogen and oxygen atoms in total. The molecule has 0 saturated heterocycles. The van der Waals surface area contributed by atoms with E-state index >= 15 is 0 Å². The lowest BCUT2D eigenvalue weighted by atomic mass is 10.2. The topological polar surface area (TPSA) is 88.9 Å². The van der Waals surface area contributed by atoms with Gasteiger partial charge in [-0.3, -0.25) is 14.7 Å². The van der Waals surface area contributed by atoms with Gasteiger partial charge in [-0.25, -0.2) is 4.79 Å². The van der Waals surface area contributed by atoms with E-state index in [-0.39, 0.29) is 5.91 Å². The zero-order valence-electron chi connectivity index (χ0n) is 14.2. The number of urea groups is 1. The number of nitrogens with one attached hydrogen (secondary N) is 2. The minimum Gasteiger partial charge on any atom is -0.338 e. The predicted octanol–water partition coefficient (Wildman–Crippen LogP) is 2.46. The summed E-state index contributed by atoms with van der Waals surface area (Å²) in [5.41, 5.74) is 0.933. The molecular formula is C17H21N5O2S. The van der Waals surface area contributed by atoms with Gasteiger partial charge < -0.3 is 5.32 Å². The fraction of sp³-hybridized carbons (Fsp3) is 0.294. The molecule has 0 fully saturated rings. The van der Waals surface area contributed by atoms with Crippen LogP contribution in [0.1, 0.15) is 13.8 Å². The van der Waals surface area contributed by atoms with E-state index in [2.05, 4.69) is 27.4 Å². The number of amides is 3. The Morgan fingerprint density at radius 3 is 2.68 bits per heavy atom. The summed E-state index contributed by atoms with van der Waals surface area (Å²) in [6, 6.07) is 9.18. The summed E-state index contributed by atoms with van der Waals surface area (Å²) in [7, 11) is 0. The molecule has 1 unspecified atom stereocenters. The minimum atomic E-state index is -0.502. The van der Waals surface area contributed by atoms with Crippen molar-refractivity contribution in [3.63, 3.8) is 0 Å². The van der Waals surface area contributed by atoms with Crippen LogP contribution in [0.15, 0.2) is 48.1 Å². The fourth-order valence-electron chi connectivity index (χ4n) is 2.10. The highest BCUT2D eigenvalue weighted by molar-refractivity contribution is 8.00. The van der Waals surface area contributed by atoms with Crippen LogP contribution in [0.5, 0.6) is 0 Å². The number of hydrogen-bond donors (Lipinski definition) is 2. The molecule has 25 heavy (non-hydrogen) atoms. The van der Waals surface area contributed by atoms with Crippen LogP contribution in [0.3, 0.4) is 0 Å². The van der Waals surface area contributed by atoms with E-state index in [4.69, 9.17) is 0 Å². The molecule has 2 N–H and O–H groups in total. The van der Waals surface area contributed by atoms with Crippen LogP contribution >= 0.6 is 11.8 Å². The monoisotopic (exact) mass is 359 g/mol. The number of carbonyl (C=O) groups excluding carboxylic acids is 2. The van der Waals surface area contributed by atoms with Crippen LogP contribution in [-0.4, -0.2) is 38.5 Å². The number of aromatic nitrogens is 3. The third kappa shape index (κ3) is 4.93. The summed E-state index contributed by atoms with van der Waals surface area (Å²) in [5.74, 6) is 0.324. The largest absolute Gasteiger partial charge is 0.338 e. The smallest absolute Gasteiger partial charge is 0.321 e. The normalized spacial score (nSPS) is 11.6. The van der Waals surface area contributed by atoms with Crippen molar-refractivity contribution in [3.05, 3.63) is 43.0 Å². The second-order valence-corrected chi connectivity index (χ2v) is 6.49. The highest BCUT2D eigenvalue weighted by Gasteiger charge is 2.21. The standard InChI is InChI=1S/C17H21N5O2S/c1-4-11-22-14(13-9-7-6-8-10-13)20-21-17(22)25-12(3)15(23)19-16(24)18-5-2/h4,6-10,12H,1,5,11H2,2-3H3,(H2,18,19,23,24). The lowest BCUT2D eigenvalue weighted by Crippen LogP contribution is -2.42. The van der Waals surface area contributed by atoms with E-state index in [0.717, 1.165) is 5.56 Å². The first-order chi connectivity index (χ1) is 12.1. The number of imide groups is 1. The van der Waals surface area contributed by atoms with Gasteiger partial charge in [-0.2, -0.15) is 0 Å². The summed E-state index contributed by atoms with van der Waals surface area (Å²) in [6.07, 6.45) is 1.75. The molecule has 3 amide bonds. The number of allylic oxidation sites excluding steroid dienone is 1. The van der Waals surface area contributed by atoms with E-state index in [0.29, 0.717) is 24.1 Å². The maximum atomic E-state index is 12.1. The van der Waals surface area contributed by atoms with E-state index in [1.807, 2.05) is 34.9 Å². The van der Waals surface area contributed by atoms with Crippen molar-refractivity contribution in [2.45, 2.75) is 30.8 Å². The second kappa shape index (κ2) is 9.03. The molecule has 0 aliphatic heterocycles. The molecule has 8 heteroatoms. The highest BCUT2D eigenvalue weighted by atomic mass is 32.2. The van der Waals surface area contributed by atoms with Crippen LogP contribution in [0.25, 0.3) is 11.4 Å². The van der Waals surface area contributed by atoms with Crippen LogP contribution in [0.4, 0.5) is 4.79 Å². The van der Waals surface area contributed by atoms with Gasteiger partial charge in [0.05, 0.1) is 5.25 Å². The Bertz CT molecular complexity index is 745. The van der Waals surface area contributed by atoms with E-state index in [1.54, 1.807) is 19.9 Å². The molecule has 2 rings (SSSR count). The number of nitrogens with zero attached hydrogens (tertiary/aromatic N) is 3. The number of hydrogen-bond acceptors (Lipinski definition) is 5. The fourth-order valence-corrected chi connectivity index (χ4v) is 2.96. The summed E-state index contributed by atoms with van der Waals surface area (Å²) >= 11 is 1.24. The van der Waals surface area contributed by atoms with Gasteiger partial charge >= 0.3 is 6.03 Å².